The Morgan fingerprint density at radius 1 is 1.33 bits per heavy atom. The first-order chi connectivity index (χ1) is 7.00. The summed E-state index contributed by atoms with van der Waals surface area (Å²) in [5.74, 6) is -1.91. The molecule has 78 valence electrons. The smallest absolute Gasteiger partial charge is 0.169 e. The van der Waals surface area contributed by atoms with Crippen LogP contribution in [0.4, 0.5) is 8.78 Å². The van der Waals surface area contributed by atoms with E-state index in [-0.39, 0.29) is 10.4 Å². The standard InChI is InChI=1S/C10H5BrClF2N/c1-4-2-6(12)8-9(14)7(13)3-5(11)10(8)15-4/h2-3H,1H3. The normalized spacial score (nSPS) is 11.0. The van der Waals surface area contributed by atoms with E-state index in [1.54, 1.807) is 6.92 Å². The number of benzene rings is 1. The summed E-state index contributed by atoms with van der Waals surface area (Å²) in [6.07, 6.45) is 0. The van der Waals surface area contributed by atoms with Crippen molar-refractivity contribution >= 4 is 38.4 Å². The Balaban J connectivity index is 3.03. The van der Waals surface area contributed by atoms with Crippen LogP contribution in [0.3, 0.4) is 0 Å². The second-order valence-electron chi connectivity index (χ2n) is 3.12. The van der Waals surface area contributed by atoms with Crippen LogP contribution in [-0.4, -0.2) is 4.98 Å². The van der Waals surface area contributed by atoms with Crippen molar-refractivity contribution in [3.05, 3.63) is 39.0 Å². The van der Waals surface area contributed by atoms with Gasteiger partial charge in [-0.05, 0) is 35.0 Å². The van der Waals surface area contributed by atoms with E-state index in [9.17, 15) is 8.78 Å². The number of hydrogen-bond donors (Lipinski definition) is 0. The molecule has 0 aliphatic heterocycles. The van der Waals surface area contributed by atoms with E-state index in [2.05, 4.69) is 20.9 Å². The maximum Gasteiger partial charge on any atom is 0.169 e. The molecule has 1 heterocycles. The van der Waals surface area contributed by atoms with E-state index in [1.807, 2.05) is 0 Å². The molecule has 0 fully saturated rings. The molecule has 1 nitrogen and oxygen atoms in total. The molecule has 0 saturated carbocycles. The lowest BCUT2D eigenvalue weighted by Crippen LogP contribution is -1.93. The minimum atomic E-state index is -0.967. The van der Waals surface area contributed by atoms with Crippen molar-refractivity contribution in [3.63, 3.8) is 0 Å². The zero-order valence-corrected chi connectivity index (χ0v) is 9.96. The van der Waals surface area contributed by atoms with Gasteiger partial charge in [0.25, 0.3) is 0 Å². The molecular weight excluding hydrogens is 287 g/mol. The lowest BCUT2D eigenvalue weighted by Gasteiger charge is -2.06. The van der Waals surface area contributed by atoms with Crippen LogP contribution in [0.1, 0.15) is 5.69 Å². The summed E-state index contributed by atoms with van der Waals surface area (Å²) < 4.78 is 26.9. The number of fused-ring (bicyclic) bond motifs is 1. The van der Waals surface area contributed by atoms with Gasteiger partial charge in [0.15, 0.2) is 11.6 Å². The van der Waals surface area contributed by atoms with Crippen molar-refractivity contribution in [1.82, 2.24) is 4.98 Å². The summed E-state index contributed by atoms with van der Waals surface area (Å²) in [5, 5.41) is 0.171. The van der Waals surface area contributed by atoms with Gasteiger partial charge in [-0.2, -0.15) is 0 Å². The summed E-state index contributed by atoms with van der Waals surface area (Å²) in [6, 6.07) is 2.54. The summed E-state index contributed by atoms with van der Waals surface area (Å²) >= 11 is 8.97. The van der Waals surface area contributed by atoms with E-state index in [4.69, 9.17) is 11.6 Å². The molecule has 2 rings (SSSR count). The third-order valence-corrected chi connectivity index (χ3v) is 2.91. The van der Waals surface area contributed by atoms with Crippen molar-refractivity contribution in [2.24, 2.45) is 0 Å². The fourth-order valence-corrected chi connectivity index (χ4v) is 2.20. The number of aromatic nitrogens is 1. The molecule has 0 N–H and O–H groups in total. The molecule has 1 aromatic heterocycles. The molecular formula is C10H5BrClF2N. The van der Waals surface area contributed by atoms with E-state index in [1.165, 1.54) is 6.07 Å². The average Bonchev–Trinajstić information content (AvgIpc) is 2.13. The highest BCUT2D eigenvalue weighted by Gasteiger charge is 2.15. The third-order valence-electron chi connectivity index (χ3n) is 2.01. The Morgan fingerprint density at radius 2 is 2.00 bits per heavy atom. The molecule has 0 radical (unpaired) electrons. The molecule has 0 atom stereocenters. The molecule has 0 spiro atoms. The number of pyridine rings is 1. The van der Waals surface area contributed by atoms with Crippen LogP contribution in [0.25, 0.3) is 10.9 Å². The predicted molar refractivity (Wildman–Crippen MR) is 59.1 cm³/mol. The van der Waals surface area contributed by atoms with Crippen molar-refractivity contribution in [2.45, 2.75) is 6.92 Å². The highest BCUT2D eigenvalue weighted by atomic mass is 79.9. The SMILES string of the molecule is Cc1cc(Cl)c2c(F)c(F)cc(Br)c2n1. The molecule has 0 aliphatic carbocycles. The van der Waals surface area contributed by atoms with Gasteiger partial charge in [-0.15, -0.1) is 0 Å². The molecule has 0 aliphatic rings. The first-order valence-corrected chi connectivity index (χ1v) is 5.28. The third kappa shape index (κ3) is 1.72. The average molecular weight is 293 g/mol. The van der Waals surface area contributed by atoms with Gasteiger partial charge >= 0.3 is 0 Å². The second-order valence-corrected chi connectivity index (χ2v) is 4.38. The highest BCUT2D eigenvalue weighted by Crippen LogP contribution is 2.32. The molecule has 0 bridgehead atoms. The Labute approximate surface area is 98.2 Å². The molecule has 0 unspecified atom stereocenters. The van der Waals surface area contributed by atoms with Gasteiger partial charge < -0.3 is 0 Å². The first-order valence-electron chi connectivity index (χ1n) is 4.11. The summed E-state index contributed by atoms with van der Waals surface area (Å²) in [4.78, 5) is 4.10. The second kappa shape index (κ2) is 3.68. The van der Waals surface area contributed by atoms with E-state index >= 15 is 0 Å². The van der Waals surface area contributed by atoms with Crippen LogP contribution in [0, 0.1) is 18.6 Å². The fraction of sp³-hybridized carbons (Fsp3) is 0.100. The molecule has 15 heavy (non-hydrogen) atoms. The summed E-state index contributed by atoms with van der Waals surface area (Å²) in [5.41, 5.74) is 0.984. The lowest BCUT2D eigenvalue weighted by atomic mass is 10.2. The van der Waals surface area contributed by atoms with E-state index < -0.39 is 11.6 Å². The molecule has 5 heteroatoms. The number of halogens is 4. The lowest BCUT2D eigenvalue weighted by molar-refractivity contribution is 0.516. The zero-order valence-electron chi connectivity index (χ0n) is 7.61. The molecule has 0 amide bonds. The van der Waals surface area contributed by atoms with Crippen LogP contribution in [-0.2, 0) is 0 Å². The Kier molecular flexibility index (Phi) is 2.64. The van der Waals surface area contributed by atoms with Crippen LogP contribution < -0.4 is 0 Å². The van der Waals surface area contributed by atoms with Crippen LogP contribution in [0.5, 0.6) is 0 Å². The number of rotatable bonds is 0. The maximum absolute atomic E-state index is 13.5. The highest BCUT2D eigenvalue weighted by molar-refractivity contribution is 9.10. The largest absolute Gasteiger partial charge is 0.252 e. The minimum Gasteiger partial charge on any atom is -0.252 e. The first kappa shape index (κ1) is 10.8. The van der Waals surface area contributed by atoms with Crippen molar-refractivity contribution in [3.8, 4) is 0 Å². The molecule has 2 aromatic rings. The van der Waals surface area contributed by atoms with Crippen molar-refractivity contribution in [1.29, 1.82) is 0 Å². The van der Waals surface area contributed by atoms with Gasteiger partial charge in [0.2, 0.25) is 0 Å². The van der Waals surface area contributed by atoms with E-state index in [0.717, 1.165) is 6.07 Å². The van der Waals surface area contributed by atoms with Crippen molar-refractivity contribution < 1.29 is 8.78 Å². The monoisotopic (exact) mass is 291 g/mol. The quantitative estimate of drug-likeness (QED) is 0.662. The van der Waals surface area contributed by atoms with Gasteiger partial charge in [0, 0.05) is 10.2 Å². The number of hydrogen-bond acceptors (Lipinski definition) is 1. The minimum absolute atomic E-state index is 0.00846. The van der Waals surface area contributed by atoms with Crippen LogP contribution >= 0.6 is 27.5 Å². The fourth-order valence-electron chi connectivity index (χ4n) is 1.38. The summed E-state index contributed by atoms with van der Waals surface area (Å²) in [6.45, 7) is 1.74. The topological polar surface area (TPSA) is 12.9 Å². The van der Waals surface area contributed by atoms with Gasteiger partial charge in [-0.3, -0.25) is 4.98 Å². The number of nitrogens with zero attached hydrogens (tertiary/aromatic N) is 1. The van der Waals surface area contributed by atoms with Gasteiger partial charge in [-0.25, -0.2) is 8.78 Å². The molecule has 0 saturated heterocycles. The van der Waals surface area contributed by atoms with Gasteiger partial charge in [0.05, 0.1) is 15.9 Å². The Bertz CT molecular complexity index is 557. The number of aryl methyl sites for hydroxylation is 1. The van der Waals surface area contributed by atoms with Gasteiger partial charge in [-0.1, -0.05) is 11.6 Å². The summed E-state index contributed by atoms with van der Waals surface area (Å²) in [7, 11) is 0. The maximum atomic E-state index is 13.5. The Morgan fingerprint density at radius 3 is 2.67 bits per heavy atom. The zero-order chi connectivity index (χ0) is 11.2. The van der Waals surface area contributed by atoms with Gasteiger partial charge in [0.1, 0.15) is 0 Å². The van der Waals surface area contributed by atoms with Crippen LogP contribution in [0.2, 0.25) is 5.02 Å². The Hall–Kier alpha value is -0.740. The molecule has 1 aromatic carbocycles. The predicted octanol–water partition coefficient (Wildman–Crippen LogP) is 4.24. The van der Waals surface area contributed by atoms with E-state index in [0.29, 0.717) is 15.7 Å². The van der Waals surface area contributed by atoms with Crippen LogP contribution in [0.15, 0.2) is 16.6 Å². The van der Waals surface area contributed by atoms with Crippen molar-refractivity contribution in [2.75, 3.05) is 0 Å².